The molecule has 0 bridgehead atoms. The van der Waals surface area contributed by atoms with Gasteiger partial charge in [0.15, 0.2) is 0 Å². The molecule has 1 rings (SSSR count). The van der Waals surface area contributed by atoms with E-state index in [-0.39, 0.29) is 21.1 Å². The second kappa shape index (κ2) is 4.39. The Balaban J connectivity index is 2.40. The first-order valence-corrected chi connectivity index (χ1v) is 7.58. The molecule has 2 radical (unpaired) electrons. The van der Waals surface area contributed by atoms with Crippen LogP contribution >= 0.6 is 11.3 Å². The van der Waals surface area contributed by atoms with Crippen LogP contribution < -0.4 is 2.89 Å². The summed E-state index contributed by atoms with van der Waals surface area (Å²) in [6.07, 6.45) is 1.37. The van der Waals surface area contributed by atoms with Gasteiger partial charge < -0.3 is 0 Å². The number of rotatable bonds is 3. The van der Waals surface area contributed by atoms with E-state index in [1.165, 1.54) is 6.42 Å². The van der Waals surface area contributed by atoms with E-state index in [2.05, 4.69) is 31.4 Å². The summed E-state index contributed by atoms with van der Waals surface area (Å²) in [6.45, 7) is 4.67. The summed E-state index contributed by atoms with van der Waals surface area (Å²) in [7, 11) is 0. The van der Waals surface area contributed by atoms with Gasteiger partial charge in [0.05, 0.1) is 0 Å². The summed E-state index contributed by atoms with van der Waals surface area (Å²) in [5, 5.41) is 2.19. The zero-order chi connectivity index (χ0) is 7.40. The summed E-state index contributed by atoms with van der Waals surface area (Å²) >= 11 is 1.75. The Morgan fingerprint density at radius 3 is 3.00 bits per heavy atom. The monoisotopic (exact) mass is 260 g/mol. The molecule has 1 atom stereocenters. The van der Waals surface area contributed by atoms with E-state index in [9.17, 15) is 0 Å². The van der Waals surface area contributed by atoms with Gasteiger partial charge in [-0.3, -0.25) is 0 Å². The van der Waals surface area contributed by atoms with Crippen LogP contribution in [0.25, 0.3) is 0 Å². The van der Waals surface area contributed by atoms with Gasteiger partial charge in [0.25, 0.3) is 0 Å². The fraction of sp³-hybridized carbons (Fsp3) is 0.500. The summed E-state index contributed by atoms with van der Waals surface area (Å²) in [6, 6.07) is 4.46. The zero-order valence-electron chi connectivity index (χ0n) is 6.42. The van der Waals surface area contributed by atoms with Crippen molar-refractivity contribution in [1.82, 2.24) is 0 Å². The van der Waals surface area contributed by atoms with Gasteiger partial charge in [0, 0.05) is 0 Å². The SMILES string of the molecule is CC[CH](C)[Sn][c]1cccs1. The van der Waals surface area contributed by atoms with E-state index >= 15 is 0 Å². The van der Waals surface area contributed by atoms with Gasteiger partial charge in [0.1, 0.15) is 0 Å². The average molecular weight is 259 g/mol. The fourth-order valence-corrected chi connectivity index (χ4v) is 6.27. The molecular weight excluding hydrogens is 247 g/mol. The number of hydrogen-bond acceptors (Lipinski definition) is 1. The molecule has 0 amide bonds. The van der Waals surface area contributed by atoms with Crippen molar-refractivity contribution >= 4 is 35.4 Å². The third kappa shape index (κ3) is 2.62. The predicted molar refractivity (Wildman–Crippen MR) is 49.4 cm³/mol. The third-order valence-corrected chi connectivity index (χ3v) is 7.86. The van der Waals surface area contributed by atoms with E-state index in [0.717, 1.165) is 3.93 Å². The summed E-state index contributed by atoms with van der Waals surface area (Å²) in [4.78, 5) is 0. The first kappa shape index (κ1) is 8.59. The summed E-state index contributed by atoms with van der Waals surface area (Å²) in [5.74, 6) is 0. The van der Waals surface area contributed by atoms with Crippen LogP contribution in [0.2, 0.25) is 3.93 Å². The molecule has 0 aliphatic rings. The summed E-state index contributed by atoms with van der Waals surface area (Å²) in [5.41, 5.74) is 0. The molecule has 0 spiro atoms. The molecule has 0 N–H and O–H groups in total. The second-order valence-electron chi connectivity index (χ2n) is 2.43. The van der Waals surface area contributed by atoms with Crippen molar-refractivity contribution in [3.63, 3.8) is 0 Å². The molecule has 0 fully saturated rings. The quantitative estimate of drug-likeness (QED) is 0.730. The Labute approximate surface area is 76.9 Å². The van der Waals surface area contributed by atoms with E-state index in [0.29, 0.717) is 0 Å². The van der Waals surface area contributed by atoms with Crippen molar-refractivity contribution in [3.8, 4) is 0 Å². The molecule has 0 saturated heterocycles. The zero-order valence-corrected chi connectivity index (χ0v) is 10.1. The van der Waals surface area contributed by atoms with Crippen LogP contribution in [0.3, 0.4) is 0 Å². The summed E-state index contributed by atoms with van der Waals surface area (Å²) < 4.78 is 2.71. The average Bonchev–Trinajstić information content (AvgIpc) is 2.40. The fourth-order valence-electron chi connectivity index (χ4n) is 0.706. The van der Waals surface area contributed by atoms with E-state index in [1.807, 2.05) is 11.3 Å². The molecule has 2 heteroatoms. The van der Waals surface area contributed by atoms with Crippen LogP contribution in [0.5, 0.6) is 0 Å². The van der Waals surface area contributed by atoms with Gasteiger partial charge in [-0.2, -0.15) is 0 Å². The molecule has 0 saturated carbocycles. The Kier molecular flexibility index (Phi) is 3.77. The van der Waals surface area contributed by atoms with Crippen molar-refractivity contribution in [3.05, 3.63) is 17.5 Å². The van der Waals surface area contributed by atoms with Gasteiger partial charge in [-0.05, 0) is 0 Å². The molecule has 0 aromatic carbocycles. The van der Waals surface area contributed by atoms with E-state index in [1.54, 1.807) is 2.89 Å². The van der Waals surface area contributed by atoms with Crippen LogP contribution in [0, 0.1) is 0 Å². The van der Waals surface area contributed by atoms with Crippen molar-refractivity contribution in [2.45, 2.75) is 24.2 Å². The first-order chi connectivity index (χ1) is 4.83. The standard InChI is InChI=1S/C4H3S.C4H9.Sn/c1-2-4-5-3-1;1-3-4-2;/h1-3H;3H,4H2,1-2H3;. The molecular formula is C8H12SSn. The predicted octanol–water partition coefficient (Wildman–Crippen LogP) is 2.30. The normalized spacial score (nSPS) is 13.4. The van der Waals surface area contributed by atoms with E-state index in [4.69, 9.17) is 0 Å². The molecule has 0 aliphatic carbocycles. The molecule has 1 aromatic heterocycles. The second-order valence-corrected chi connectivity index (χ2v) is 9.59. The van der Waals surface area contributed by atoms with Gasteiger partial charge in [-0.25, -0.2) is 0 Å². The number of hydrogen-bond donors (Lipinski definition) is 0. The van der Waals surface area contributed by atoms with Crippen LogP contribution in [-0.4, -0.2) is 21.1 Å². The van der Waals surface area contributed by atoms with Crippen molar-refractivity contribution in [2.24, 2.45) is 0 Å². The topological polar surface area (TPSA) is 0 Å². The van der Waals surface area contributed by atoms with Crippen molar-refractivity contribution in [1.29, 1.82) is 0 Å². The van der Waals surface area contributed by atoms with Crippen molar-refractivity contribution < 1.29 is 0 Å². The van der Waals surface area contributed by atoms with Gasteiger partial charge >= 0.3 is 77.1 Å². The Morgan fingerprint density at radius 1 is 1.70 bits per heavy atom. The third-order valence-electron chi connectivity index (χ3n) is 1.52. The molecule has 1 unspecified atom stereocenters. The molecule has 54 valence electrons. The molecule has 0 nitrogen and oxygen atoms in total. The molecule has 1 aromatic rings. The molecule has 10 heavy (non-hydrogen) atoms. The van der Waals surface area contributed by atoms with Crippen LogP contribution in [0.1, 0.15) is 20.3 Å². The molecule has 1 heterocycles. The van der Waals surface area contributed by atoms with Gasteiger partial charge in [-0.1, -0.05) is 0 Å². The van der Waals surface area contributed by atoms with Gasteiger partial charge in [0.2, 0.25) is 0 Å². The first-order valence-electron chi connectivity index (χ1n) is 3.63. The number of thiophene rings is 1. The van der Waals surface area contributed by atoms with Crippen LogP contribution in [0.15, 0.2) is 17.5 Å². The minimum absolute atomic E-state index is 0.192. The Morgan fingerprint density at radius 2 is 2.50 bits per heavy atom. The Bertz CT molecular complexity index is 169. The minimum atomic E-state index is -0.192. The van der Waals surface area contributed by atoms with Gasteiger partial charge in [-0.15, -0.1) is 0 Å². The van der Waals surface area contributed by atoms with Crippen molar-refractivity contribution in [2.75, 3.05) is 0 Å². The molecule has 0 aliphatic heterocycles. The van der Waals surface area contributed by atoms with Crippen LogP contribution in [0.4, 0.5) is 0 Å². The maximum atomic E-state index is 2.38. The van der Waals surface area contributed by atoms with E-state index < -0.39 is 0 Å². The van der Waals surface area contributed by atoms with Crippen LogP contribution in [-0.2, 0) is 0 Å². The maximum absolute atomic E-state index is 2.38. The Hall–Kier alpha value is 0.499.